The summed E-state index contributed by atoms with van der Waals surface area (Å²) in [6.45, 7) is 2.83. The molecule has 0 saturated carbocycles. The molecule has 0 spiro atoms. The largest absolute Gasteiger partial charge is 0.227 e. The Morgan fingerprint density at radius 1 is 1.36 bits per heavy atom. The summed E-state index contributed by atoms with van der Waals surface area (Å²) in [5, 5.41) is -0.945. The molecule has 1 rings (SSSR count). The lowest BCUT2D eigenvalue weighted by molar-refractivity contribution is 0.553. The molecule has 1 heterocycles. The minimum Gasteiger partial charge on any atom is -0.227 e. The summed E-state index contributed by atoms with van der Waals surface area (Å²) in [4.78, 5) is 0. The van der Waals surface area contributed by atoms with E-state index >= 15 is 0 Å². The highest BCUT2D eigenvalue weighted by atomic mass is 35.5. The van der Waals surface area contributed by atoms with Crippen LogP contribution in [0.3, 0.4) is 0 Å². The van der Waals surface area contributed by atoms with Crippen molar-refractivity contribution in [2.24, 2.45) is 0 Å². The molecule has 14 heavy (non-hydrogen) atoms. The molecule has 1 aliphatic heterocycles. The number of rotatable bonds is 2. The van der Waals surface area contributed by atoms with Crippen molar-refractivity contribution < 1.29 is 16.8 Å². The van der Waals surface area contributed by atoms with Gasteiger partial charge in [0.15, 0.2) is 23.8 Å². The first-order valence-electron chi connectivity index (χ1n) is 4.24. The minimum atomic E-state index is -3.66. The van der Waals surface area contributed by atoms with Crippen molar-refractivity contribution in [2.45, 2.75) is 29.6 Å². The molecular weight excluding hydrogens is 248 g/mol. The van der Waals surface area contributed by atoms with E-state index in [1.54, 1.807) is 6.92 Å². The van der Waals surface area contributed by atoms with E-state index in [2.05, 4.69) is 0 Å². The Kier molecular flexibility index (Phi) is 2.93. The van der Waals surface area contributed by atoms with Gasteiger partial charge in [0.05, 0.1) is 11.0 Å². The molecule has 0 bridgehead atoms. The van der Waals surface area contributed by atoms with Gasteiger partial charge in [0.2, 0.25) is 0 Å². The van der Waals surface area contributed by atoms with Crippen LogP contribution in [0.2, 0.25) is 0 Å². The molecule has 2 atom stereocenters. The average molecular weight is 261 g/mol. The molecule has 0 unspecified atom stereocenters. The molecule has 0 radical (unpaired) electrons. The van der Waals surface area contributed by atoms with Crippen molar-refractivity contribution in [3.63, 3.8) is 0 Å². The summed E-state index contributed by atoms with van der Waals surface area (Å²) >= 11 is 5.46. The first kappa shape index (κ1) is 12.3. The zero-order valence-corrected chi connectivity index (χ0v) is 10.4. The quantitative estimate of drug-likeness (QED) is 0.681. The van der Waals surface area contributed by atoms with Gasteiger partial charge in [0.25, 0.3) is 0 Å². The zero-order valence-electron chi connectivity index (χ0n) is 8.03. The van der Waals surface area contributed by atoms with E-state index < -0.39 is 29.0 Å². The van der Waals surface area contributed by atoms with Gasteiger partial charge < -0.3 is 0 Å². The highest BCUT2D eigenvalue weighted by Gasteiger charge is 2.59. The molecule has 0 N–H and O–H groups in total. The van der Waals surface area contributed by atoms with Crippen molar-refractivity contribution in [1.82, 2.24) is 0 Å². The third kappa shape index (κ3) is 1.31. The smallest absolute Gasteiger partial charge is 0.175 e. The lowest BCUT2D eigenvalue weighted by atomic mass is 10.4. The molecule has 1 fully saturated rings. The average Bonchev–Trinajstić information content (AvgIpc) is 2.23. The van der Waals surface area contributed by atoms with Crippen molar-refractivity contribution in [2.75, 3.05) is 11.6 Å². The van der Waals surface area contributed by atoms with E-state index in [-0.39, 0.29) is 18.1 Å². The molecule has 4 nitrogen and oxygen atoms in total. The maximum Gasteiger partial charge on any atom is 0.175 e. The van der Waals surface area contributed by atoms with Gasteiger partial charge in [-0.2, -0.15) is 0 Å². The van der Waals surface area contributed by atoms with Crippen LogP contribution in [0.1, 0.15) is 20.3 Å². The number of sulfone groups is 2. The van der Waals surface area contributed by atoms with Crippen molar-refractivity contribution in [1.29, 1.82) is 0 Å². The molecule has 1 aliphatic rings. The summed E-state index contributed by atoms with van der Waals surface area (Å²) in [7, 11) is -7.23. The van der Waals surface area contributed by atoms with Crippen LogP contribution in [-0.2, 0) is 19.7 Å². The van der Waals surface area contributed by atoms with Crippen molar-refractivity contribution in [3.8, 4) is 0 Å². The molecule has 0 amide bonds. The molecule has 0 aromatic carbocycles. The Balaban J connectivity index is 3.44. The summed E-state index contributed by atoms with van der Waals surface area (Å²) in [5.74, 6) is -0.500. The third-order valence-electron chi connectivity index (χ3n) is 2.92. The van der Waals surface area contributed by atoms with E-state index in [1.807, 2.05) is 0 Å². The van der Waals surface area contributed by atoms with Crippen LogP contribution in [0.5, 0.6) is 0 Å². The van der Waals surface area contributed by atoms with Gasteiger partial charge in [-0.15, -0.1) is 11.6 Å². The van der Waals surface area contributed by atoms with E-state index in [1.165, 1.54) is 6.92 Å². The predicted molar refractivity (Wildman–Crippen MR) is 55.9 cm³/mol. The molecule has 84 valence electrons. The second-order valence-corrected chi connectivity index (χ2v) is 9.28. The van der Waals surface area contributed by atoms with Crippen LogP contribution < -0.4 is 0 Å². The van der Waals surface area contributed by atoms with Gasteiger partial charge in [-0.25, -0.2) is 16.8 Å². The maximum atomic E-state index is 11.8. The summed E-state index contributed by atoms with van der Waals surface area (Å²) in [6, 6.07) is 0. The number of halogens is 1. The first-order chi connectivity index (χ1) is 6.23. The Morgan fingerprint density at radius 2 is 1.86 bits per heavy atom. The fraction of sp³-hybridized carbons (Fsp3) is 1.00. The molecular formula is C7H13ClO4S2. The predicted octanol–water partition coefficient (Wildman–Crippen LogP) is 0.563. The first-order valence-corrected chi connectivity index (χ1v) is 7.98. The molecule has 1 saturated heterocycles. The molecule has 0 aromatic rings. The summed E-state index contributed by atoms with van der Waals surface area (Å²) in [6.07, 6.45) is 0.0745. The molecule has 0 aromatic heterocycles. The van der Waals surface area contributed by atoms with Crippen LogP contribution >= 0.6 is 11.6 Å². The standard InChI is InChI=1S/C7H13ClO4S2/c1-3-7(2)13(9,10)5-6(4-8)14(7,11)12/h6H,3-5H2,1-2H3/t6-,7+/m0/s1. The Morgan fingerprint density at radius 3 is 2.07 bits per heavy atom. The normalized spacial score (nSPS) is 39.8. The number of alkyl halides is 1. The van der Waals surface area contributed by atoms with Crippen LogP contribution in [0.4, 0.5) is 0 Å². The van der Waals surface area contributed by atoms with Crippen LogP contribution in [-0.4, -0.2) is 37.8 Å². The highest BCUT2D eigenvalue weighted by Crippen LogP contribution is 2.39. The SMILES string of the molecule is CC[C@]1(C)S(=O)(=O)C[C@H](CCl)S1(=O)=O. The lowest BCUT2D eigenvalue weighted by Gasteiger charge is -2.20. The van der Waals surface area contributed by atoms with Crippen LogP contribution in [0.25, 0.3) is 0 Å². The van der Waals surface area contributed by atoms with Crippen LogP contribution in [0, 0.1) is 0 Å². The second kappa shape index (κ2) is 3.35. The van der Waals surface area contributed by atoms with Gasteiger partial charge in [0.1, 0.15) is 0 Å². The van der Waals surface area contributed by atoms with Gasteiger partial charge in [-0.05, 0) is 13.3 Å². The fourth-order valence-electron chi connectivity index (χ4n) is 1.59. The summed E-state index contributed by atoms with van der Waals surface area (Å²) in [5.41, 5.74) is 0. The van der Waals surface area contributed by atoms with E-state index in [4.69, 9.17) is 11.6 Å². The van der Waals surface area contributed by atoms with E-state index in [0.29, 0.717) is 0 Å². The topological polar surface area (TPSA) is 68.3 Å². The number of hydrogen-bond acceptors (Lipinski definition) is 4. The van der Waals surface area contributed by atoms with E-state index in [0.717, 1.165) is 0 Å². The Labute approximate surface area is 89.5 Å². The number of hydrogen-bond donors (Lipinski definition) is 0. The minimum absolute atomic E-state index is 0.0745. The van der Waals surface area contributed by atoms with Gasteiger partial charge in [0, 0.05) is 5.88 Å². The highest BCUT2D eigenvalue weighted by molar-refractivity contribution is 8.13. The van der Waals surface area contributed by atoms with Gasteiger partial charge in [-0.1, -0.05) is 6.92 Å². The van der Waals surface area contributed by atoms with Gasteiger partial charge >= 0.3 is 0 Å². The fourth-order valence-corrected chi connectivity index (χ4v) is 8.28. The zero-order chi connectivity index (χ0) is 11.2. The second-order valence-electron chi connectivity index (χ2n) is 3.59. The summed E-state index contributed by atoms with van der Waals surface area (Å²) < 4.78 is 45.3. The molecule has 7 heteroatoms. The lowest BCUT2D eigenvalue weighted by Crippen LogP contribution is -2.38. The van der Waals surface area contributed by atoms with Gasteiger partial charge in [-0.3, -0.25) is 0 Å². The Hall–Kier alpha value is 0.190. The van der Waals surface area contributed by atoms with Crippen molar-refractivity contribution in [3.05, 3.63) is 0 Å². The monoisotopic (exact) mass is 260 g/mol. The molecule has 0 aliphatic carbocycles. The maximum absolute atomic E-state index is 11.8. The van der Waals surface area contributed by atoms with Crippen molar-refractivity contribution >= 4 is 31.3 Å². The third-order valence-corrected chi connectivity index (χ3v) is 10.3. The van der Waals surface area contributed by atoms with Crippen LogP contribution in [0.15, 0.2) is 0 Å². The Bertz CT molecular complexity index is 425. The van der Waals surface area contributed by atoms with E-state index in [9.17, 15) is 16.8 Å².